The summed E-state index contributed by atoms with van der Waals surface area (Å²) in [7, 11) is 1.67. The fourth-order valence-corrected chi connectivity index (χ4v) is 2.15. The van der Waals surface area contributed by atoms with Crippen LogP contribution in [0, 0.1) is 0 Å². The van der Waals surface area contributed by atoms with E-state index in [1.807, 2.05) is 0 Å². The van der Waals surface area contributed by atoms with E-state index in [0.717, 1.165) is 18.6 Å². The van der Waals surface area contributed by atoms with Crippen LogP contribution in [0.1, 0.15) is 35.9 Å². The third kappa shape index (κ3) is 5.99. The number of nitrogens with zero attached hydrogens (tertiary/aromatic N) is 1. The van der Waals surface area contributed by atoms with Gasteiger partial charge in [-0.25, -0.2) is 0 Å². The van der Waals surface area contributed by atoms with Gasteiger partial charge < -0.3 is 19.4 Å². The Hall–Kier alpha value is -2.76. The van der Waals surface area contributed by atoms with Crippen molar-refractivity contribution < 1.29 is 18.7 Å². The van der Waals surface area contributed by atoms with Crippen molar-refractivity contribution in [3.63, 3.8) is 0 Å². The van der Waals surface area contributed by atoms with E-state index in [0.29, 0.717) is 24.5 Å². The summed E-state index contributed by atoms with van der Waals surface area (Å²) >= 11 is 0. The standard InChI is InChI=1S/C19H24N2O4/c1-3-4-11-24-16-9-7-15(8-10-16)19(23)20-13-18(22)21(2)14-17-6-5-12-25-17/h5-10,12H,3-4,11,13-14H2,1-2H3,(H,20,23). The summed E-state index contributed by atoms with van der Waals surface area (Å²) in [6, 6.07) is 10.5. The quantitative estimate of drug-likeness (QED) is 0.710. The first kappa shape index (κ1) is 18.6. The van der Waals surface area contributed by atoms with Crippen LogP contribution in [0.4, 0.5) is 0 Å². The van der Waals surface area contributed by atoms with E-state index < -0.39 is 0 Å². The molecule has 2 aromatic rings. The highest BCUT2D eigenvalue weighted by Crippen LogP contribution is 2.12. The number of amides is 2. The number of nitrogens with one attached hydrogen (secondary N) is 1. The molecular formula is C19H24N2O4. The van der Waals surface area contributed by atoms with Gasteiger partial charge >= 0.3 is 0 Å². The van der Waals surface area contributed by atoms with Gasteiger partial charge in [0.1, 0.15) is 11.5 Å². The molecule has 0 aliphatic rings. The molecule has 0 saturated heterocycles. The lowest BCUT2D eigenvalue weighted by Gasteiger charge is -2.16. The lowest BCUT2D eigenvalue weighted by atomic mass is 10.2. The maximum Gasteiger partial charge on any atom is 0.251 e. The Morgan fingerprint density at radius 2 is 1.96 bits per heavy atom. The Morgan fingerprint density at radius 1 is 1.20 bits per heavy atom. The lowest BCUT2D eigenvalue weighted by molar-refractivity contribution is -0.129. The molecule has 1 N–H and O–H groups in total. The van der Waals surface area contributed by atoms with E-state index in [-0.39, 0.29) is 18.4 Å². The number of hydrogen-bond acceptors (Lipinski definition) is 4. The number of likely N-dealkylation sites (N-methyl/N-ethyl adjacent to an activating group) is 1. The molecule has 134 valence electrons. The van der Waals surface area contributed by atoms with E-state index in [2.05, 4.69) is 12.2 Å². The van der Waals surface area contributed by atoms with Crippen LogP contribution in [-0.2, 0) is 11.3 Å². The summed E-state index contributed by atoms with van der Waals surface area (Å²) in [4.78, 5) is 25.7. The molecule has 1 aromatic heterocycles. The highest BCUT2D eigenvalue weighted by atomic mass is 16.5. The van der Waals surface area contributed by atoms with Gasteiger partial charge in [0.05, 0.1) is 26.0 Å². The molecule has 0 atom stereocenters. The normalized spacial score (nSPS) is 10.3. The van der Waals surface area contributed by atoms with Crippen molar-refractivity contribution in [2.24, 2.45) is 0 Å². The Bertz CT molecular complexity index is 665. The fraction of sp³-hybridized carbons (Fsp3) is 0.368. The second-order valence-corrected chi connectivity index (χ2v) is 5.74. The molecule has 6 nitrogen and oxygen atoms in total. The molecule has 25 heavy (non-hydrogen) atoms. The molecule has 0 spiro atoms. The fourth-order valence-electron chi connectivity index (χ4n) is 2.15. The van der Waals surface area contributed by atoms with E-state index in [9.17, 15) is 9.59 Å². The average Bonchev–Trinajstić information content (AvgIpc) is 3.13. The molecule has 2 rings (SSSR count). The van der Waals surface area contributed by atoms with Crippen LogP contribution in [0.3, 0.4) is 0 Å². The van der Waals surface area contributed by atoms with Gasteiger partial charge in [0, 0.05) is 12.6 Å². The van der Waals surface area contributed by atoms with Gasteiger partial charge in [0.25, 0.3) is 5.91 Å². The molecule has 6 heteroatoms. The number of carbonyl (C=O) groups excluding carboxylic acids is 2. The number of carbonyl (C=O) groups is 2. The first-order chi connectivity index (χ1) is 12.1. The van der Waals surface area contributed by atoms with Crippen molar-refractivity contribution >= 4 is 11.8 Å². The highest BCUT2D eigenvalue weighted by molar-refractivity contribution is 5.96. The van der Waals surface area contributed by atoms with Gasteiger partial charge in [-0.3, -0.25) is 9.59 Å². The Morgan fingerprint density at radius 3 is 2.60 bits per heavy atom. The molecular weight excluding hydrogens is 320 g/mol. The molecule has 0 fully saturated rings. The first-order valence-electron chi connectivity index (χ1n) is 8.37. The monoisotopic (exact) mass is 344 g/mol. The number of rotatable bonds is 9. The van der Waals surface area contributed by atoms with Gasteiger partial charge in [0.15, 0.2) is 0 Å². The topological polar surface area (TPSA) is 71.8 Å². The predicted octanol–water partition coefficient (Wildman–Crippen LogP) is 2.85. The SMILES string of the molecule is CCCCOc1ccc(C(=O)NCC(=O)N(C)Cc2ccco2)cc1. The Labute approximate surface area is 147 Å². The summed E-state index contributed by atoms with van der Waals surface area (Å²) in [5, 5.41) is 2.63. The van der Waals surface area contributed by atoms with E-state index >= 15 is 0 Å². The minimum Gasteiger partial charge on any atom is -0.494 e. The zero-order valence-electron chi connectivity index (χ0n) is 14.7. The van der Waals surface area contributed by atoms with Gasteiger partial charge in [-0.15, -0.1) is 0 Å². The maximum atomic E-state index is 12.1. The van der Waals surface area contributed by atoms with Crippen LogP contribution >= 0.6 is 0 Å². The second-order valence-electron chi connectivity index (χ2n) is 5.74. The summed E-state index contributed by atoms with van der Waals surface area (Å²) in [5.74, 6) is 0.948. The molecule has 1 aromatic carbocycles. The van der Waals surface area contributed by atoms with E-state index in [4.69, 9.17) is 9.15 Å². The largest absolute Gasteiger partial charge is 0.494 e. The van der Waals surface area contributed by atoms with Crippen LogP contribution in [0.2, 0.25) is 0 Å². The Kier molecular flexibility index (Phi) is 7.07. The van der Waals surface area contributed by atoms with Crippen molar-refractivity contribution in [1.29, 1.82) is 0 Å². The second kappa shape index (κ2) is 9.52. The predicted molar refractivity (Wildman–Crippen MR) is 94.4 cm³/mol. The molecule has 0 radical (unpaired) electrons. The zero-order chi connectivity index (χ0) is 18.1. The third-order valence-electron chi connectivity index (χ3n) is 3.68. The van der Waals surface area contributed by atoms with Gasteiger partial charge in [0.2, 0.25) is 5.91 Å². The molecule has 0 aliphatic carbocycles. The van der Waals surface area contributed by atoms with Gasteiger partial charge in [-0.05, 0) is 42.8 Å². The van der Waals surface area contributed by atoms with Crippen molar-refractivity contribution in [2.75, 3.05) is 20.2 Å². The van der Waals surface area contributed by atoms with Crippen molar-refractivity contribution in [1.82, 2.24) is 10.2 Å². The third-order valence-corrected chi connectivity index (χ3v) is 3.68. The van der Waals surface area contributed by atoms with Crippen molar-refractivity contribution in [3.05, 3.63) is 54.0 Å². The summed E-state index contributed by atoms with van der Waals surface area (Å²) < 4.78 is 10.8. The smallest absolute Gasteiger partial charge is 0.251 e. The minimum absolute atomic E-state index is 0.0647. The van der Waals surface area contributed by atoms with Crippen LogP contribution in [-0.4, -0.2) is 36.9 Å². The lowest BCUT2D eigenvalue weighted by Crippen LogP contribution is -2.37. The average molecular weight is 344 g/mol. The van der Waals surface area contributed by atoms with Crippen LogP contribution in [0.5, 0.6) is 5.75 Å². The van der Waals surface area contributed by atoms with Crippen molar-refractivity contribution in [3.8, 4) is 5.75 Å². The van der Waals surface area contributed by atoms with Crippen molar-refractivity contribution in [2.45, 2.75) is 26.3 Å². The maximum absolute atomic E-state index is 12.1. The number of ether oxygens (including phenoxy) is 1. The van der Waals surface area contributed by atoms with E-state index in [1.54, 1.807) is 49.7 Å². The Balaban J connectivity index is 1.78. The number of benzene rings is 1. The molecule has 0 saturated carbocycles. The minimum atomic E-state index is -0.292. The zero-order valence-corrected chi connectivity index (χ0v) is 14.7. The van der Waals surface area contributed by atoms with Crippen LogP contribution < -0.4 is 10.1 Å². The summed E-state index contributed by atoms with van der Waals surface area (Å²) in [6.07, 6.45) is 3.63. The first-order valence-corrected chi connectivity index (χ1v) is 8.37. The number of unbranched alkanes of at least 4 members (excludes halogenated alkanes) is 1. The molecule has 0 unspecified atom stereocenters. The molecule has 2 amide bonds. The summed E-state index contributed by atoms with van der Waals surface area (Å²) in [6.45, 7) is 3.07. The van der Waals surface area contributed by atoms with E-state index in [1.165, 1.54) is 4.90 Å². The number of furan rings is 1. The molecule has 1 heterocycles. The number of hydrogen-bond donors (Lipinski definition) is 1. The highest BCUT2D eigenvalue weighted by Gasteiger charge is 2.13. The van der Waals surface area contributed by atoms with Crippen LogP contribution in [0.25, 0.3) is 0 Å². The van der Waals surface area contributed by atoms with Gasteiger partial charge in [-0.2, -0.15) is 0 Å². The molecule has 0 aliphatic heterocycles. The van der Waals surface area contributed by atoms with Crippen LogP contribution in [0.15, 0.2) is 47.1 Å². The summed E-state index contributed by atoms with van der Waals surface area (Å²) in [5.41, 5.74) is 0.490. The van der Waals surface area contributed by atoms with Gasteiger partial charge in [-0.1, -0.05) is 13.3 Å². The molecule has 0 bridgehead atoms.